The zero-order chi connectivity index (χ0) is 42.7. The Morgan fingerprint density at radius 1 is 0.586 bits per heavy atom. The van der Waals surface area contributed by atoms with E-state index in [0.29, 0.717) is 12.8 Å². The molecule has 1 rings (SSSR count). The van der Waals surface area contributed by atoms with Crippen LogP contribution in [-0.4, -0.2) is 96.0 Å². The normalized spacial score (nSPS) is 20.7. The summed E-state index contributed by atoms with van der Waals surface area (Å²) in [5, 5.41) is 30.9. The fraction of sp³-hybridized carbons (Fsp3) is 0.822. The van der Waals surface area contributed by atoms with Crippen molar-refractivity contribution in [2.24, 2.45) is 0 Å². The Kier molecular flexibility index (Phi) is 33.1. The Bertz CT molecular complexity index is 1220. The number of unbranched alkanes of at least 4 members (excludes halogenated alkanes) is 20. The van der Waals surface area contributed by atoms with Crippen molar-refractivity contribution in [3.8, 4) is 0 Å². The van der Waals surface area contributed by atoms with E-state index in [4.69, 9.17) is 18.9 Å². The number of esters is 2. The van der Waals surface area contributed by atoms with E-state index in [1.54, 1.807) is 0 Å². The van der Waals surface area contributed by atoms with E-state index < -0.39 is 71.2 Å². The summed E-state index contributed by atoms with van der Waals surface area (Å²) in [4.78, 5) is 25.4. The molecule has 338 valence electrons. The average molecular weight is 845 g/mol. The minimum absolute atomic E-state index is 0.146. The molecule has 1 saturated heterocycles. The van der Waals surface area contributed by atoms with Crippen LogP contribution in [0.4, 0.5) is 0 Å². The van der Waals surface area contributed by atoms with Gasteiger partial charge in [-0.15, -0.1) is 0 Å². The smallest absolute Gasteiger partial charge is 0.306 e. The van der Waals surface area contributed by atoms with Crippen molar-refractivity contribution in [1.29, 1.82) is 0 Å². The number of carbonyl (C=O) groups excluding carboxylic acids is 2. The molecule has 0 bridgehead atoms. The third-order valence-corrected chi connectivity index (χ3v) is 11.0. The largest absolute Gasteiger partial charge is 0.462 e. The topological polar surface area (TPSA) is 186 Å². The second-order valence-corrected chi connectivity index (χ2v) is 17.2. The molecule has 12 nitrogen and oxygen atoms in total. The molecule has 0 spiro atoms. The number of hydrogen-bond donors (Lipinski definition) is 4. The summed E-state index contributed by atoms with van der Waals surface area (Å²) in [7, 11) is -4.60. The zero-order valence-electron chi connectivity index (χ0n) is 35.9. The van der Waals surface area contributed by atoms with Crippen LogP contribution in [0.1, 0.15) is 181 Å². The number of carbonyl (C=O) groups is 2. The lowest BCUT2D eigenvalue weighted by Crippen LogP contribution is -2.60. The highest BCUT2D eigenvalue weighted by molar-refractivity contribution is 7.85. The third-order valence-electron chi connectivity index (χ3n) is 10.2. The molecule has 6 atom stereocenters. The molecule has 58 heavy (non-hydrogen) atoms. The van der Waals surface area contributed by atoms with E-state index >= 15 is 0 Å². The second kappa shape index (κ2) is 35.6. The Hall–Kier alpha value is -2.13. The Balaban J connectivity index is 2.47. The number of hydrogen-bond acceptors (Lipinski definition) is 11. The lowest BCUT2D eigenvalue weighted by molar-refractivity contribution is -0.297. The number of ether oxygens (including phenoxy) is 4. The number of aliphatic hydroxyl groups is 3. The van der Waals surface area contributed by atoms with Gasteiger partial charge in [-0.05, 0) is 64.2 Å². The monoisotopic (exact) mass is 845 g/mol. The summed E-state index contributed by atoms with van der Waals surface area (Å²) >= 11 is 0. The Morgan fingerprint density at radius 2 is 1.03 bits per heavy atom. The van der Waals surface area contributed by atoms with E-state index in [9.17, 15) is 37.9 Å². The molecule has 1 heterocycles. The van der Waals surface area contributed by atoms with Crippen LogP contribution < -0.4 is 0 Å². The van der Waals surface area contributed by atoms with Crippen molar-refractivity contribution in [1.82, 2.24) is 0 Å². The van der Waals surface area contributed by atoms with Crippen molar-refractivity contribution in [3.63, 3.8) is 0 Å². The van der Waals surface area contributed by atoms with E-state index in [1.807, 2.05) is 0 Å². The molecular formula is C45H80O12S. The highest BCUT2D eigenvalue weighted by Crippen LogP contribution is 2.24. The number of rotatable bonds is 37. The minimum atomic E-state index is -4.60. The summed E-state index contributed by atoms with van der Waals surface area (Å²) < 4.78 is 54.0. The molecule has 0 saturated carbocycles. The first-order valence-corrected chi connectivity index (χ1v) is 24.2. The molecule has 0 aromatic carbocycles. The predicted octanol–water partition coefficient (Wildman–Crippen LogP) is 9.00. The van der Waals surface area contributed by atoms with Crippen LogP contribution in [0.25, 0.3) is 0 Å². The van der Waals surface area contributed by atoms with Gasteiger partial charge in [0.2, 0.25) is 0 Å². The SMILES string of the molecule is CCCCCC/C=C/C=C/CCCCCCCC(=O)O[C@H](COC(=O)CCCCCCCCC/C=C/CCCCCC)CO[C@H]1O[C@H](CS(=O)(=O)O)[C@@H](O)C(O)C1O. The Labute approximate surface area is 351 Å². The fourth-order valence-electron chi connectivity index (χ4n) is 6.66. The lowest BCUT2D eigenvalue weighted by atomic mass is 10.00. The van der Waals surface area contributed by atoms with Crippen LogP contribution in [0.5, 0.6) is 0 Å². The molecule has 0 radical (unpaired) electrons. The summed E-state index contributed by atoms with van der Waals surface area (Å²) in [6.07, 6.45) is 30.4. The van der Waals surface area contributed by atoms with E-state index in [-0.39, 0.29) is 19.4 Å². The first kappa shape index (κ1) is 53.9. The third kappa shape index (κ3) is 30.0. The molecule has 0 aliphatic carbocycles. The van der Waals surface area contributed by atoms with Gasteiger partial charge in [-0.3, -0.25) is 14.1 Å². The fourth-order valence-corrected chi connectivity index (χ4v) is 7.35. The van der Waals surface area contributed by atoms with Crippen LogP contribution in [0, 0.1) is 0 Å². The van der Waals surface area contributed by atoms with Crippen molar-refractivity contribution in [2.45, 2.75) is 218 Å². The molecule has 1 aliphatic heterocycles. The molecule has 1 aliphatic rings. The maximum absolute atomic E-state index is 12.8. The maximum Gasteiger partial charge on any atom is 0.306 e. The van der Waals surface area contributed by atoms with Gasteiger partial charge in [-0.2, -0.15) is 8.42 Å². The zero-order valence-corrected chi connectivity index (χ0v) is 36.7. The maximum atomic E-state index is 12.8. The summed E-state index contributed by atoms with van der Waals surface area (Å²) in [5.74, 6) is -2.01. The minimum Gasteiger partial charge on any atom is -0.462 e. The molecule has 0 aromatic heterocycles. The van der Waals surface area contributed by atoms with E-state index in [1.165, 1.54) is 77.0 Å². The average Bonchev–Trinajstić information content (AvgIpc) is 3.18. The van der Waals surface area contributed by atoms with Gasteiger partial charge in [-0.1, -0.05) is 140 Å². The van der Waals surface area contributed by atoms with Gasteiger partial charge in [0.1, 0.15) is 36.8 Å². The van der Waals surface area contributed by atoms with Gasteiger partial charge in [0, 0.05) is 12.8 Å². The van der Waals surface area contributed by atoms with Crippen molar-refractivity contribution in [3.05, 3.63) is 36.5 Å². The molecule has 0 amide bonds. The van der Waals surface area contributed by atoms with Gasteiger partial charge >= 0.3 is 11.9 Å². The molecule has 2 unspecified atom stereocenters. The lowest BCUT2D eigenvalue weighted by Gasteiger charge is -2.40. The highest BCUT2D eigenvalue weighted by atomic mass is 32.2. The van der Waals surface area contributed by atoms with Gasteiger partial charge < -0.3 is 34.3 Å². The van der Waals surface area contributed by atoms with Crippen molar-refractivity contribution in [2.75, 3.05) is 19.0 Å². The van der Waals surface area contributed by atoms with Gasteiger partial charge in [0.25, 0.3) is 10.1 Å². The van der Waals surface area contributed by atoms with Crippen LogP contribution in [-0.2, 0) is 38.7 Å². The van der Waals surface area contributed by atoms with E-state index in [2.05, 4.69) is 50.3 Å². The number of allylic oxidation sites excluding steroid dienone is 6. The summed E-state index contributed by atoms with van der Waals surface area (Å²) in [6.45, 7) is 3.71. The van der Waals surface area contributed by atoms with E-state index in [0.717, 1.165) is 64.2 Å². The van der Waals surface area contributed by atoms with Crippen molar-refractivity contribution >= 4 is 22.1 Å². The quantitative estimate of drug-likeness (QED) is 0.0153. The molecule has 4 N–H and O–H groups in total. The Morgan fingerprint density at radius 3 is 1.53 bits per heavy atom. The predicted molar refractivity (Wildman–Crippen MR) is 229 cm³/mol. The van der Waals surface area contributed by atoms with Gasteiger partial charge in [0.15, 0.2) is 12.4 Å². The first-order chi connectivity index (χ1) is 28.0. The van der Waals surface area contributed by atoms with Gasteiger partial charge in [0.05, 0.1) is 6.61 Å². The molecular weight excluding hydrogens is 765 g/mol. The number of aliphatic hydroxyl groups excluding tert-OH is 3. The summed E-state index contributed by atoms with van der Waals surface area (Å²) in [5.41, 5.74) is 0. The molecule has 1 fully saturated rings. The van der Waals surface area contributed by atoms with Crippen LogP contribution in [0.3, 0.4) is 0 Å². The standard InChI is InChI=1S/C45H80O12S/c1-3-5-7-9-11-13-15-17-19-21-23-25-27-29-31-33-40(46)54-35-38(36-55-45-44(50)43(49)42(48)39(57-45)37-58(51,52)53)56-41(47)34-32-30-28-26-24-22-20-18-16-14-12-10-8-6-4-2/h13-16,18,20,38-39,42-45,48-50H,3-12,17,19,21-37H2,1-2H3,(H,51,52,53)/b15-13+,16-14+,20-18+/t38-,39-,42-,43?,44?,45+/m1/s1. The van der Waals surface area contributed by atoms with Crippen LogP contribution in [0.2, 0.25) is 0 Å². The second-order valence-electron chi connectivity index (χ2n) is 15.7. The van der Waals surface area contributed by atoms with Crippen molar-refractivity contribution < 1.29 is 56.8 Å². The highest BCUT2D eigenvalue weighted by Gasteiger charge is 2.46. The van der Waals surface area contributed by atoms with Gasteiger partial charge in [-0.25, -0.2) is 0 Å². The van der Waals surface area contributed by atoms with Crippen LogP contribution >= 0.6 is 0 Å². The first-order valence-electron chi connectivity index (χ1n) is 22.6. The summed E-state index contributed by atoms with van der Waals surface area (Å²) in [6, 6.07) is 0. The molecule has 0 aromatic rings. The van der Waals surface area contributed by atoms with Crippen LogP contribution in [0.15, 0.2) is 36.5 Å². The molecule has 13 heteroatoms.